The van der Waals surface area contributed by atoms with Crippen molar-refractivity contribution in [1.29, 1.82) is 0 Å². The first-order valence-electron chi connectivity index (χ1n) is 9.31. The van der Waals surface area contributed by atoms with Gasteiger partial charge in [-0.2, -0.15) is 4.98 Å². The van der Waals surface area contributed by atoms with Crippen LogP contribution in [0, 0.1) is 0 Å². The van der Waals surface area contributed by atoms with Crippen LogP contribution in [0.15, 0.2) is 12.3 Å². The molecule has 0 unspecified atom stereocenters. The van der Waals surface area contributed by atoms with E-state index in [1.54, 1.807) is 18.1 Å². The Morgan fingerprint density at radius 3 is 2.32 bits per heavy atom. The molecule has 0 spiro atoms. The zero-order chi connectivity index (χ0) is 20.7. The monoisotopic (exact) mass is 385 g/mol. The zero-order valence-electron chi connectivity index (χ0n) is 17.5. The third-order valence-corrected chi connectivity index (χ3v) is 3.96. The lowest BCUT2D eigenvalue weighted by molar-refractivity contribution is -0.118. The van der Waals surface area contributed by atoms with Gasteiger partial charge in [0.15, 0.2) is 5.82 Å². The summed E-state index contributed by atoms with van der Waals surface area (Å²) >= 11 is 0. The molecular weight excluding hydrogens is 358 g/mol. The number of amides is 1. The van der Waals surface area contributed by atoms with Crippen LogP contribution < -0.4 is 14.4 Å². The van der Waals surface area contributed by atoms with Gasteiger partial charge in [0.1, 0.15) is 16.9 Å². The lowest BCUT2D eigenvalue weighted by atomic mass is 10.0. The van der Waals surface area contributed by atoms with Gasteiger partial charge < -0.3 is 9.47 Å². The van der Waals surface area contributed by atoms with Gasteiger partial charge in [0.05, 0.1) is 5.56 Å². The summed E-state index contributed by atoms with van der Waals surface area (Å²) < 4.78 is 11.8. The molecule has 1 aliphatic heterocycles. The van der Waals surface area contributed by atoms with Crippen LogP contribution in [0.2, 0.25) is 0 Å². The molecule has 1 amide bonds. The van der Waals surface area contributed by atoms with Crippen molar-refractivity contribution in [3.05, 3.63) is 17.8 Å². The van der Waals surface area contributed by atoms with Gasteiger partial charge in [-0.1, -0.05) is 0 Å². The molecule has 8 nitrogen and oxygen atoms in total. The Labute approximate surface area is 165 Å². The summed E-state index contributed by atoms with van der Waals surface area (Å²) in [5.74, 6) is 1.02. The largest absolute Gasteiger partial charge is 0.471 e. The Morgan fingerprint density at radius 2 is 1.68 bits per heavy atom. The molecule has 3 heterocycles. The van der Waals surface area contributed by atoms with Gasteiger partial charge in [0.25, 0.3) is 0 Å². The van der Waals surface area contributed by atoms with Crippen LogP contribution in [0.25, 0.3) is 11.3 Å². The summed E-state index contributed by atoms with van der Waals surface area (Å²) in [7, 11) is 1.71. The number of rotatable bonds is 3. The van der Waals surface area contributed by atoms with E-state index in [1.807, 2.05) is 47.6 Å². The SMILES string of the molecule is CN1C(=O)CCc2cc(-c3cnc(OC(C)(C)C)nc3OC(C)(C)C)nnc21. The molecule has 2 aromatic heterocycles. The number of aryl methyl sites for hydroxylation is 1. The van der Waals surface area contributed by atoms with Gasteiger partial charge in [-0.15, -0.1) is 10.2 Å². The van der Waals surface area contributed by atoms with E-state index in [1.165, 1.54) is 0 Å². The molecule has 150 valence electrons. The zero-order valence-corrected chi connectivity index (χ0v) is 17.5. The third-order valence-electron chi connectivity index (χ3n) is 3.96. The standard InChI is InChI=1S/C20H27N5O3/c1-19(2,3)27-17-13(11-21-18(22-17)28-20(4,5)6)14-10-12-8-9-15(26)25(7)16(12)24-23-14/h10-11H,8-9H2,1-7H3. The maximum atomic E-state index is 11.9. The van der Waals surface area contributed by atoms with Crippen molar-refractivity contribution >= 4 is 11.7 Å². The minimum absolute atomic E-state index is 0.0401. The summed E-state index contributed by atoms with van der Waals surface area (Å²) in [4.78, 5) is 22.2. The van der Waals surface area contributed by atoms with Gasteiger partial charge in [-0.05, 0) is 59.6 Å². The van der Waals surface area contributed by atoms with E-state index in [4.69, 9.17) is 9.47 Å². The number of carbonyl (C=O) groups is 1. The van der Waals surface area contributed by atoms with Crippen molar-refractivity contribution in [2.24, 2.45) is 0 Å². The first-order chi connectivity index (χ1) is 12.9. The van der Waals surface area contributed by atoms with Crippen LogP contribution >= 0.6 is 0 Å². The van der Waals surface area contributed by atoms with Crippen LogP contribution in [0.4, 0.5) is 5.82 Å². The van der Waals surface area contributed by atoms with Gasteiger partial charge in [0, 0.05) is 19.7 Å². The molecular formula is C20H27N5O3. The highest BCUT2D eigenvalue weighted by molar-refractivity contribution is 5.94. The second-order valence-corrected chi connectivity index (χ2v) is 8.83. The van der Waals surface area contributed by atoms with Crippen molar-refractivity contribution < 1.29 is 14.3 Å². The number of nitrogens with zero attached hydrogens (tertiary/aromatic N) is 5. The quantitative estimate of drug-likeness (QED) is 0.801. The molecule has 2 aromatic rings. The maximum Gasteiger partial charge on any atom is 0.320 e. The highest BCUT2D eigenvalue weighted by Crippen LogP contribution is 2.33. The number of ether oxygens (including phenoxy) is 2. The van der Waals surface area contributed by atoms with Crippen molar-refractivity contribution in [2.45, 2.75) is 65.6 Å². The number of aromatic nitrogens is 4. The third kappa shape index (κ3) is 4.55. The Morgan fingerprint density at radius 1 is 1.00 bits per heavy atom. The summed E-state index contributed by atoms with van der Waals surface area (Å²) in [5.41, 5.74) is 1.30. The average molecular weight is 385 g/mol. The maximum absolute atomic E-state index is 11.9. The fourth-order valence-corrected chi connectivity index (χ4v) is 2.77. The first-order valence-corrected chi connectivity index (χ1v) is 9.31. The van der Waals surface area contributed by atoms with Crippen molar-refractivity contribution in [1.82, 2.24) is 20.2 Å². The Kier molecular flexibility index (Phi) is 4.99. The van der Waals surface area contributed by atoms with Crippen LogP contribution in [0.5, 0.6) is 11.9 Å². The smallest absolute Gasteiger partial charge is 0.320 e. The predicted octanol–water partition coefficient (Wildman–Crippen LogP) is 3.20. The van der Waals surface area contributed by atoms with Crippen molar-refractivity contribution in [2.75, 3.05) is 11.9 Å². The van der Waals surface area contributed by atoms with Gasteiger partial charge in [-0.3, -0.25) is 9.69 Å². The highest BCUT2D eigenvalue weighted by atomic mass is 16.5. The normalized spacial score (nSPS) is 14.7. The molecule has 8 heteroatoms. The summed E-state index contributed by atoms with van der Waals surface area (Å²) in [5, 5.41) is 8.56. The fourth-order valence-electron chi connectivity index (χ4n) is 2.77. The first kappa shape index (κ1) is 20.0. The van der Waals surface area contributed by atoms with Crippen molar-refractivity contribution in [3.8, 4) is 23.1 Å². The molecule has 0 saturated heterocycles. The van der Waals surface area contributed by atoms with Crippen molar-refractivity contribution in [3.63, 3.8) is 0 Å². The molecule has 0 atom stereocenters. The minimum Gasteiger partial charge on any atom is -0.471 e. The van der Waals surface area contributed by atoms with Crippen LogP contribution in [0.1, 0.15) is 53.5 Å². The van der Waals surface area contributed by atoms with Gasteiger partial charge in [0.2, 0.25) is 11.8 Å². The fraction of sp³-hybridized carbons (Fsp3) is 0.550. The minimum atomic E-state index is -0.462. The molecule has 0 fully saturated rings. The van der Waals surface area contributed by atoms with Gasteiger partial charge in [-0.25, -0.2) is 4.98 Å². The number of carbonyl (C=O) groups excluding carboxylic acids is 1. The molecule has 0 aliphatic carbocycles. The number of fused-ring (bicyclic) bond motifs is 1. The van der Waals surface area contributed by atoms with Crippen LogP contribution in [0.3, 0.4) is 0 Å². The Hall–Kier alpha value is -2.77. The Bertz CT molecular complexity index is 900. The van der Waals surface area contributed by atoms with Gasteiger partial charge >= 0.3 is 6.01 Å². The molecule has 28 heavy (non-hydrogen) atoms. The lowest BCUT2D eigenvalue weighted by Crippen LogP contribution is -2.32. The van der Waals surface area contributed by atoms with Crippen LogP contribution in [-0.4, -0.2) is 44.3 Å². The summed E-state index contributed by atoms with van der Waals surface area (Å²) in [6.07, 6.45) is 2.72. The average Bonchev–Trinajstić information content (AvgIpc) is 2.55. The molecule has 0 aromatic carbocycles. The number of anilines is 1. The van der Waals surface area contributed by atoms with E-state index in [0.717, 1.165) is 5.56 Å². The molecule has 0 N–H and O–H groups in total. The second-order valence-electron chi connectivity index (χ2n) is 8.83. The molecule has 3 rings (SSSR count). The Balaban J connectivity index is 2.04. The van der Waals surface area contributed by atoms with E-state index >= 15 is 0 Å². The number of hydrogen-bond acceptors (Lipinski definition) is 7. The summed E-state index contributed by atoms with van der Waals surface area (Å²) in [6.45, 7) is 11.6. The van der Waals surface area contributed by atoms with E-state index < -0.39 is 11.2 Å². The second kappa shape index (κ2) is 7.00. The topological polar surface area (TPSA) is 90.3 Å². The summed E-state index contributed by atoms with van der Waals surface area (Å²) in [6, 6.07) is 2.16. The van der Waals surface area contributed by atoms with E-state index in [9.17, 15) is 4.79 Å². The molecule has 1 aliphatic rings. The van der Waals surface area contributed by atoms with E-state index in [2.05, 4.69) is 20.2 Å². The molecule has 0 saturated carbocycles. The number of hydrogen-bond donors (Lipinski definition) is 0. The van der Waals surface area contributed by atoms with E-state index in [-0.39, 0.29) is 11.9 Å². The molecule has 0 bridgehead atoms. The van der Waals surface area contributed by atoms with E-state index in [0.29, 0.717) is 35.8 Å². The predicted molar refractivity (Wildman–Crippen MR) is 106 cm³/mol. The van der Waals surface area contributed by atoms with Crippen LogP contribution in [-0.2, 0) is 11.2 Å². The molecule has 0 radical (unpaired) electrons. The highest BCUT2D eigenvalue weighted by Gasteiger charge is 2.26. The lowest BCUT2D eigenvalue weighted by Gasteiger charge is -2.25.